The van der Waals surface area contributed by atoms with Crippen LogP contribution in [0, 0.1) is 0 Å². The molecule has 0 aromatic rings. The summed E-state index contributed by atoms with van der Waals surface area (Å²) < 4.78 is 0. The second-order valence-electron chi connectivity index (χ2n) is 3.87. The third-order valence-electron chi connectivity index (χ3n) is 2.30. The van der Waals surface area contributed by atoms with Gasteiger partial charge in [-0.1, -0.05) is 13.5 Å². The molecule has 6 nitrogen and oxygen atoms in total. The summed E-state index contributed by atoms with van der Waals surface area (Å²) in [7, 11) is 0. The molecule has 0 aliphatic carbocycles. The fourth-order valence-electron chi connectivity index (χ4n) is 1.09. The van der Waals surface area contributed by atoms with Crippen molar-refractivity contribution < 1.29 is 19.5 Å². The molecule has 0 heterocycles. The van der Waals surface area contributed by atoms with Gasteiger partial charge >= 0.3 is 5.97 Å². The maximum atomic E-state index is 10.8. The van der Waals surface area contributed by atoms with E-state index in [1.165, 1.54) is 6.08 Å². The molecular formula is C11H20N2O4. The molecule has 6 heteroatoms. The number of hydrogen-bond acceptors (Lipinski definition) is 4. The molecule has 0 aromatic heterocycles. The summed E-state index contributed by atoms with van der Waals surface area (Å²) in [6, 6.07) is 0. The maximum absolute atomic E-state index is 10.8. The lowest BCUT2D eigenvalue weighted by Gasteiger charge is -2.26. The first kappa shape index (κ1) is 15.6. The number of carboxylic acid groups (broad SMARTS) is 1. The summed E-state index contributed by atoms with van der Waals surface area (Å²) in [5.74, 6) is -1.16. The Morgan fingerprint density at radius 1 is 1.47 bits per heavy atom. The van der Waals surface area contributed by atoms with E-state index in [0.717, 1.165) is 0 Å². The highest BCUT2D eigenvalue weighted by Gasteiger charge is 2.26. The molecule has 0 radical (unpaired) electrons. The minimum atomic E-state index is -0.906. The molecule has 3 N–H and O–H groups in total. The number of carbonyl (C=O) groups is 2. The molecule has 0 aliphatic heterocycles. The van der Waals surface area contributed by atoms with Gasteiger partial charge in [0.15, 0.2) is 0 Å². The zero-order valence-corrected chi connectivity index (χ0v) is 10.3. The van der Waals surface area contributed by atoms with Gasteiger partial charge in [-0.15, -0.1) is 0 Å². The van der Waals surface area contributed by atoms with Crippen molar-refractivity contribution in [3.8, 4) is 0 Å². The topological polar surface area (TPSA) is 87.7 Å². The Morgan fingerprint density at radius 2 is 2.12 bits per heavy atom. The summed E-state index contributed by atoms with van der Waals surface area (Å²) in [5, 5.41) is 11.3. The van der Waals surface area contributed by atoms with Crippen molar-refractivity contribution in [1.82, 2.24) is 10.8 Å². The Hall–Kier alpha value is -1.40. The van der Waals surface area contributed by atoms with Crippen LogP contribution in [-0.2, 0) is 14.4 Å². The molecule has 0 rings (SSSR count). The predicted octanol–water partition coefficient (Wildman–Crippen LogP) is 0.453. The van der Waals surface area contributed by atoms with Crippen LogP contribution in [-0.4, -0.2) is 35.7 Å². The van der Waals surface area contributed by atoms with Crippen LogP contribution >= 0.6 is 0 Å². The van der Waals surface area contributed by atoms with Crippen LogP contribution in [0.5, 0.6) is 0 Å². The highest BCUT2D eigenvalue weighted by Crippen LogP contribution is 2.18. The van der Waals surface area contributed by atoms with E-state index in [1.54, 1.807) is 6.92 Å². The van der Waals surface area contributed by atoms with Crippen molar-refractivity contribution >= 4 is 11.9 Å². The Balaban J connectivity index is 3.80. The lowest BCUT2D eigenvalue weighted by Crippen LogP contribution is -2.39. The SMILES string of the molecule is C=CC(=O)NCCNOC(C)(CC)CC(=O)O. The molecular weight excluding hydrogens is 224 g/mol. The van der Waals surface area contributed by atoms with Crippen LogP contribution in [0.1, 0.15) is 26.7 Å². The maximum Gasteiger partial charge on any atom is 0.306 e. The minimum Gasteiger partial charge on any atom is -0.481 e. The second-order valence-corrected chi connectivity index (χ2v) is 3.87. The molecule has 0 bridgehead atoms. The fourth-order valence-corrected chi connectivity index (χ4v) is 1.09. The van der Waals surface area contributed by atoms with E-state index in [-0.39, 0.29) is 12.3 Å². The summed E-state index contributed by atoms with van der Waals surface area (Å²) >= 11 is 0. The van der Waals surface area contributed by atoms with E-state index < -0.39 is 11.6 Å². The molecule has 0 fully saturated rings. The fraction of sp³-hybridized carbons (Fsp3) is 0.636. The Morgan fingerprint density at radius 3 is 2.59 bits per heavy atom. The summed E-state index contributed by atoms with van der Waals surface area (Å²) in [5.41, 5.74) is 1.91. The normalized spacial score (nSPS) is 13.8. The number of carbonyl (C=O) groups excluding carboxylic acids is 1. The molecule has 17 heavy (non-hydrogen) atoms. The van der Waals surface area contributed by atoms with E-state index in [2.05, 4.69) is 17.4 Å². The van der Waals surface area contributed by atoms with Gasteiger partial charge in [0.1, 0.15) is 0 Å². The molecule has 1 atom stereocenters. The second kappa shape index (κ2) is 7.81. The summed E-state index contributed by atoms with van der Waals surface area (Å²) in [6.45, 7) is 7.67. The standard InChI is InChI=1S/C11H20N2O4/c1-4-9(14)12-6-7-13-17-11(3,5-2)8-10(15)16/h4,13H,1,5-8H2,2-3H3,(H,12,14)(H,15,16). The largest absolute Gasteiger partial charge is 0.481 e. The van der Waals surface area contributed by atoms with E-state index in [1.807, 2.05) is 6.92 Å². The van der Waals surface area contributed by atoms with Gasteiger partial charge in [0.2, 0.25) is 5.91 Å². The van der Waals surface area contributed by atoms with Crippen LogP contribution < -0.4 is 10.8 Å². The van der Waals surface area contributed by atoms with E-state index in [0.29, 0.717) is 19.5 Å². The smallest absolute Gasteiger partial charge is 0.306 e. The highest BCUT2D eigenvalue weighted by atomic mass is 16.7. The molecule has 98 valence electrons. The van der Waals surface area contributed by atoms with Crippen molar-refractivity contribution in [3.05, 3.63) is 12.7 Å². The molecule has 0 aliphatic rings. The van der Waals surface area contributed by atoms with Crippen molar-refractivity contribution in [3.63, 3.8) is 0 Å². The van der Waals surface area contributed by atoms with Gasteiger partial charge in [-0.25, -0.2) is 5.48 Å². The number of hydroxylamine groups is 1. The first-order chi connectivity index (χ1) is 7.93. The number of amides is 1. The predicted molar refractivity (Wildman–Crippen MR) is 63.2 cm³/mol. The van der Waals surface area contributed by atoms with Gasteiger partial charge < -0.3 is 10.4 Å². The van der Waals surface area contributed by atoms with Crippen LogP contribution in [0.2, 0.25) is 0 Å². The van der Waals surface area contributed by atoms with Crippen molar-refractivity contribution in [2.45, 2.75) is 32.3 Å². The zero-order valence-electron chi connectivity index (χ0n) is 10.3. The van der Waals surface area contributed by atoms with Crippen molar-refractivity contribution in [1.29, 1.82) is 0 Å². The van der Waals surface area contributed by atoms with E-state index in [4.69, 9.17) is 9.94 Å². The molecule has 0 aromatic carbocycles. The number of nitrogens with one attached hydrogen (secondary N) is 2. The van der Waals surface area contributed by atoms with Gasteiger partial charge in [-0.2, -0.15) is 0 Å². The van der Waals surface area contributed by atoms with Crippen LogP contribution in [0.3, 0.4) is 0 Å². The van der Waals surface area contributed by atoms with Crippen LogP contribution in [0.4, 0.5) is 0 Å². The van der Waals surface area contributed by atoms with Gasteiger partial charge in [-0.3, -0.25) is 14.4 Å². The average molecular weight is 244 g/mol. The Labute approximate surface area is 101 Å². The van der Waals surface area contributed by atoms with Crippen molar-refractivity contribution in [2.75, 3.05) is 13.1 Å². The van der Waals surface area contributed by atoms with Gasteiger partial charge in [-0.05, 0) is 19.4 Å². The van der Waals surface area contributed by atoms with Gasteiger partial charge in [0.25, 0.3) is 0 Å². The monoisotopic (exact) mass is 244 g/mol. The Bertz CT molecular complexity index is 281. The quantitative estimate of drug-likeness (QED) is 0.311. The molecule has 0 saturated heterocycles. The van der Waals surface area contributed by atoms with E-state index >= 15 is 0 Å². The van der Waals surface area contributed by atoms with E-state index in [9.17, 15) is 9.59 Å². The molecule has 0 spiro atoms. The number of aliphatic carboxylic acids is 1. The highest BCUT2D eigenvalue weighted by molar-refractivity contribution is 5.86. The zero-order chi connectivity index (χ0) is 13.3. The summed E-state index contributed by atoms with van der Waals surface area (Å²) in [4.78, 5) is 26.7. The Kier molecular flexibility index (Phi) is 7.16. The third kappa shape index (κ3) is 7.48. The lowest BCUT2D eigenvalue weighted by atomic mass is 9.99. The van der Waals surface area contributed by atoms with Gasteiger partial charge in [0.05, 0.1) is 12.0 Å². The first-order valence-corrected chi connectivity index (χ1v) is 5.46. The van der Waals surface area contributed by atoms with Crippen LogP contribution in [0.25, 0.3) is 0 Å². The number of hydrogen-bond donors (Lipinski definition) is 3. The number of carboxylic acids is 1. The molecule has 1 unspecified atom stereocenters. The molecule has 0 saturated carbocycles. The molecule has 1 amide bonds. The van der Waals surface area contributed by atoms with Gasteiger partial charge in [0, 0.05) is 13.1 Å². The minimum absolute atomic E-state index is 0.0739. The summed E-state index contributed by atoms with van der Waals surface area (Å²) in [6.07, 6.45) is 1.68. The lowest BCUT2D eigenvalue weighted by molar-refractivity contribution is -0.151. The van der Waals surface area contributed by atoms with Crippen molar-refractivity contribution in [2.24, 2.45) is 0 Å². The average Bonchev–Trinajstić information content (AvgIpc) is 2.27. The number of rotatable bonds is 9. The van der Waals surface area contributed by atoms with Crippen LogP contribution in [0.15, 0.2) is 12.7 Å². The third-order valence-corrected chi connectivity index (χ3v) is 2.30. The first-order valence-electron chi connectivity index (χ1n) is 5.46.